The van der Waals surface area contributed by atoms with Crippen molar-refractivity contribution in [2.45, 2.75) is 6.42 Å². The Labute approximate surface area is 114 Å². The second-order valence-corrected chi connectivity index (χ2v) is 4.35. The Kier molecular flexibility index (Phi) is 3.92. The number of Topliss-reactive ketones (excluding diaryl/α,β-unsaturated/α-hetero) is 1. The van der Waals surface area contributed by atoms with Crippen molar-refractivity contribution in [3.05, 3.63) is 64.4 Å². The van der Waals surface area contributed by atoms with Crippen molar-refractivity contribution >= 4 is 23.4 Å². The lowest BCUT2D eigenvalue weighted by Gasteiger charge is -2.04. The third-order valence-electron chi connectivity index (χ3n) is 2.61. The van der Waals surface area contributed by atoms with Crippen molar-refractivity contribution in [3.63, 3.8) is 0 Å². The van der Waals surface area contributed by atoms with Crippen molar-refractivity contribution in [3.8, 4) is 0 Å². The number of carbonyl (C=O) groups is 2. The Bertz CT molecular complexity index is 623. The first-order valence-corrected chi connectivity index (χ1v) is 5.91. The van der Waals surface area contributed by atoms with E-state index in [1.54, 1.807) is 24.3 Å². The van der Waals surface area contributed by atoms with Gasteiger partial charge in [-0.3, -0.25) is 9.78 Å². The van der Waals surface area contributed by atoms with E-state index in [-0.39, 0.29) is 23.5 Å². The molecule has 0 atom stereocenters. The fourth-order valence-corrected chi connectivity index (χ4v) is 1.79. The van der Waals surface area contributed by atoms with Gasteiger partial charge in [-0.05, 0) is 36.4 Å². The van der Waals surface area contributed by atoms with Gasteiger partial charge in [0, 0.05) is 16.8 Å². The quantitative estimate of drug-likeness (QED) is 0.871. The Balaban J connectivity index is 2.24. The van der Waals surface area contributed by atoms with E-state index in [0.717, 1.165) is 0 Å². The lowest BCUT2D eigenvalue weighted by Crippen LogP contribution is -2.10. The third-order valence-corrected chi connectivity index (χ3v) is 2.87. The van der Waals surface area contributed by atoms with Gasteiger partial charge in [-0.2, -0.15) is 0 Å². The number of carboxylic acids is 1. The molecule has 0 aliphatic rings. The molecule has 0 radical (unpaired) electrons. The summed E-state index contributed by atoms with van der Waals surface area (Å²) in [6, 6.07) is 9.40. The van der Waals surface area contributed by atoms with E-state index in [1.807, 2.05) is 0 Å². The molecule has 0 aliphatic heterocycles. The number of pyridine rings is 1. The van der Waals surface area contributed by atoms with E-state index in [2.05, 4.69) is 4.98 Å². The summed E-state index contributed by atoms with van der Waals surface area (Å²) in [5.41, 5.74) is 0.783. The average molecular weight is 276 g/mol. The zero-order valence-corrected chi connectivity index (χ0v) is 10.6. The number of hydrogen-bond acceptors (Lipinski definition) is 3. The topological polar surface area (TPSA) is 67.3 Å². The fourth-order valence-electron chi connectivity index (χ4n) is 1.66. The van der Waals surface area contributed by atoms with E-state index in [0.29, 0.717) is 10.6 Å². The first-order valence-electron chi connectivity index (χ1n) is 5.54. The maximum absolute atomic E-state index is 12.0. The molecule has 0 fully saturated rings. The highest BCUT2D eigenvalue weighted by Crippen LogP contribution is 2.13. The molecule has 96 valence electrons. The van der Waals surface area contributed by atoms with Crippen molar-refractivity contribution in [1.29, 1.82) is 0 Å². The molecule has 1 aromatic carbocycles. The van der Waals surface area contributed by atoms with E-state index in [4.69, 9.17) is 16.7 Å². The highest BCUT2D eigenvalue weighted by Gasteiger charge is 2.15. The Hall–Kier alpha value is -2.20. The summed E-state index contributed by atoms with van der Waals surface area (Å²) in [5.74, 6) is -1.29. The van der Waals surface area contributed by atoms with Crippen LogP contribution < -0.4 is 0 Å². The molecule has 19 heavy (non-hydrogen) atoms. The lowest BCUT2D eigenvalue weighted by molar-refractivity contribution is 0.0695. The minimum absolute atomic E-state index is 0.0461. The number of aromatic nitrogens is 1. The van der Waals surface area contributed by atoms with Gasteiger partial charge in [-0.1, -0.05) is 11.6 Å². The van der Waals surface area contributed by atoms with Crippen LogP contribution in [0.25, 0.3) is 0 Å². The van der Waals surface area contributed by atoms with E-state index in [1.165, 1.54) is 18.3 Å². The summed E-state index contributed by atoms with van der Waals surface area (Å²) in [5, 5.41) is 9.56. The van der Waals surface area contributed by atoms with Crippen LogP contribution in [0.15, 0.2) is 42.6 Å². The number of aromatic carboxylic acids is 1. The molecule has 1 aromatic heterocycles. The molecule has 0 amide bonds. The van der Waals surface area contributed by atoms with Crippen molar-refractivity contribution < 1.29 is 14.7 Å². The Morgan fingerprint density at radius 1 is 1.16 bits per heavy atom. The number of hydrogen-bond donors (Lipinski definition) is 1. The molecular formula is C14H10ClNO3. The van der Waals surface area contributed by atoms with Crippen molar-refractivity contribution in [2.24, 2.45) is 0 Å². The summed E-state index contributed by atoms with van der Waals surface area (Å²) in [7, 11) is 0. The summed E-state index contributed by atoms with van der Waals surface area (Å²) in [4.78, 5) is 27.0. The molecule has 0 saturated carbocycles. The maximum atomic E-state index is 12.0. The van der Waals surface area contributed by atoms with Gasteiger partial charge < -0.3 is 5.11 Å². The molecule has 0 saturated heterocycles. The predicted molar refractivity (Wildman–Crippen MR) is 70.7 cm³/mol. The largest absolute Gasteiger partial charge is 0.478 e. The zero-order chi connectivity index (χ0) is 13.8. The summed E-state index contributed by atoms with van der Waals surface area (Å²) in [6.07, 6.45) is 1.42. The number of nitrogens with zero attached hydrogens (tertiary/aromatic N) is 1. The summed E-state index contributed by atoms with van der Waals surface area (Å²) in [6.45, 7) is 0. The number of ketones is 1. The van der Waals surface area contributed by atoms with Crippen LogP contribution in [0.4, 0.5) is 0 Å². The molecule has 0 aliphatic carbocycles. The number of benzene rings is 1. The number of halogens is 1. The first kappa shape index (κ1) is 13.2. The standard InChI is InChI=1S/C14H10ClNO3/c15-10-5-3-9(4-6-10)13(17)8-12-11(14(18)19)2-1-7-16-12/h1-7H,8H2,(H,18,19). The van der Waals surface area contributed by atoms with Gasteiger partial charge in [-0.15, -0.1) is 0 Å². The van der Waals surface area contributed by atoms with Crippen LogP contribution in [0.1, 0.15) is 26.4 Å². The Morgan fingerprint density at radius 2 is 1.84 bits per heavy atom. The van der Waals surface area contributed by atoms with Crippen LogP contribution >= 0.6 is 11.6 Å². The molecular weight excluding hydrogens is 266 g/mol. The maximum Gasteiger partial charge on any atom is 0.337 e. The predicted octanol–water partition coefficient (Wildman–Crippen LogP) is 2.86. The van der Waals surface area contributed by atoms with Crippen LogP contribution in [-0.2, 0) is 6.42 Å². The minimum Gasteiger partial charge on any atom is -0.478 e. The Morgan fingerprint density at radius 3 is 2.47 bits per heavy atom. The first-order chi connectivity index (χ1) is 9.08. The molecule has 4 nitrogen and oxygen atoms in total. The van der Waals surface area contributed by atoms with Gasteiger partial charge in [0.25, 0.3) is 0 Å². The summed E-state index contributed by atoms with van der Waals surface area (Å²) >= 11 is 5.74. The third kappa shape index (κ3) is 3.17. The van der Waals surface area contributed by atoms with Crippen LogP contribution in [0.5, 0.6) is 0 Å². The summed E-state index contributed by atoms with van der Waals surface area (Å²) < 4.78 is 0. The molecule has 0 bridgehead atoms. The molecule has 0 unspecified atom stereocenters. The van der Waals surface area contributed by atoms with Crippen LogP contribution in [0.2, 0.25) is 5.02 Å². The number of rotatable bonds is 4. The van der Waals surface area contributed by atoms with Gasteiger partial charge in [0.1, 0.15) is 0 Å². The smallest absolute Gasteiger partial charge is 0.337 e. The monoisotopic (exact) mass is 275 g/mol. The molecule has 1 N–H and O–H groups in total. The highest BCUT2D eigenvalue weighted by molar-refractivity contribution is 6.30. The van der Waals surface area contributed by atoms with Crippen LogP contribution in [-0.4, -0.2) is 21.8 Å². The normalized spacial score (nSPS) is 10.2. The van der Waals surface area contributed by atoms with Crippen molar-refractivity contribution in [1.82, 2.24) is 4.98 Å². The van der Waals surface area contributed by atoms with Gasteiger partial charge in [0.05, 0.1) is 17.7 Å². The van der Waals surface area contributed by atoms with E-state index >= 15 is 0 Å². The van der Waals surface area contributed by atoms with Crippen LogP contribution in [0, 0.1) is 0 Å². The average Bonchev–Trinajstić information content (AvgIpc) is 2.39. The second-order valence-electron chi connectivity index (χ2n) is 3.91. The zero-order valence-electron chi connectivity index (χ0n) is 9.84. The van der Waals surface area contributed by atoms with E-state index < -0.39 is 5.97 Å². The number of carbonyl (C=O) groups excluding carboxylic acids is 1. The minimum atomic E-state index is -1.09. The molecule has 1 heterocycles. The molecule has 5 heteroatoms. The van der Waals surface area contributed by atoms with Gasteiger partial charge in [-0.25, -0.2) is 4.79 Å². The van der Waals surface area contributed by atoms with Crippen molar-refractivity contribution in [2.75, 3.05) is 0 Å². The second kappa shape index (κ2) is 5.63. The molecule has 0 spiro atoms. The SMILES string of the molecule is O=C(Cc1ncccc1C(=O)O)c1ccc(Cl)cc1. The molecule has 2 rings (SSSR count). The number of carboxylic acid groups (broad SMARTS) is 1. The molecule has 2 aromatic rings. The lowest BCUT2D eigenvalue weighted by atomic mass is 10.0. The highest BCUT2D eigenvalue weighted by atomic mass is 35.5. The van der Waals surface area contributed by atoms with Gasteiger partial charge in [0.15, 0.2) is 5.78 Å². The van der Waals surface area contributed by atoms with Gasteiger partial charge >= 0.3 is 5.97 Å². The van der Waals surface area contributed by atoms with Gasteiger partial charge in [0.2, 0.25) is 0 Å². The van der Waals surface area contributed by atoms with Crippen LogP contribution in [0.3, 0.4) is 0 Å². The fraction of sp³-hybridized carbons (Fsp3) is 0.0714. The van der Waals surface area contributed by atoms with E-state index in [9.17, 15) is 9.59 Å².